The molecule has 1 N–H and O–H groups in total. The van der Waals surface area contributed by atoms with Crippen molar-refractivity contribution in [3.63, 3.8) is 0 Å². The molecule has 0 saturated carbocycles. The number of nitrogens with zero attached hydrogens (tertiary/aromatic N) is 1. The molecule has 1 unspecified atom stereocenters. The van der Waals surface area contributed by atoms with Crippen LogP contribution < -0.4 is 5.32 Å². The molecule has 1 aliphatic rings. The fourth-order valence-corrected chi connectivity index (χ4v) is 2.32. The third-order valence-electron chi connectivity index (χ3n) is 3.50. The van der Waals surface area contributed by atoms with Crippen LogP contribution in [0.25, 0.3) is 0 Å². The van der Waals surface area contributed by atoms with Gasteiger partial charge in [-0.05, 0) is 11.6 Å². The van der Waals surface area contributed by atoms with Crippen molar-refractivity contribution in [2.24, 2.45) is 0 Å². The highest BCUT2D eigenvalue weighted by atomic mass is 19.4. The minimum atomic E-state index is -4.58. The van der Waals surface area contributed by atoms with E-state index in [1.54, 1.807) is 30.3 Å². The first-order chi connectivity index (χ1) is 11.4. The molecule has 1 aromatic carbocycles. The molecule has 1 aliphatic heterocycles. The first-order valence-electron chi connectivity index (χ1n) is 6.95. The van der Waals surface area contributed by atoms with E-state index in [9.17, 15) is 22.8 Å². The van der Waals surface area contributed by atoms with Crippen molar-refractivity contribution in [3.05, 3.63) is 59.4 Å². The largest absolute Gasteiger partial charge is 0.460 e. The number of nitrogens with one attached hydrogen (secondary N) is 1. The summed E-state index contributed by atoms with van der Waals surface area (Å²) in [6.07, 6.45) is -3.99. The molecule has 0 bridgehead atoms. The van der Waals surface area contributed by atoms with E-state index < -0.39 is 29.5 Å². The van der Waals surface area contributed by atoms with Crippen molar-refractivity contribution < 1.29 is 27.5 Å². The van der Waals surface area contributed by atoms with Gasteiger partial charge in [0.2, 0.25) is 5.91 Å². The summed E-state index contributed by atoms with van der Waals surface area (Å²) in [6.45, 7) is -0.0422. The van der Waals surface area contributed by atoms with Crippen LogP contribution in [0, 0.1) is 0 Å². The van der Waals surface area contributed by atoms with Gasteiger partial charge >= 0.3 is 12.1 Å². The summed E-state index contributed by atoms with van der Waals surface area (Å²) in [5.41, 5.74) is -0.466. The Balaban J connectivity index is 1.78. The predicted octanol–water partition coefficient (Wildman–Crippen LogP) is 2.88. The third-order valence-corrected chi connectivity index (χ3v) is 3.50. The number of rotatable bonds is 3. The zero-order chi connectivity index (χ0) is 17.3. The quantitative estimate of drug-likeness (QED) is 0.691. The Kier molecular flexibility index (Phi) is 3.96. The van der Waals surface area contributed by atoms with E-state index in [1.165, 1.54) is 0 Å². The molecule has 0 spiro atoms. The predicted molar refractivity (Wildman–Crippen MR) is 76.8 cm³/mol. The molecule has 0 aliphatic carbocycles. The van der Waals surface area contributed by atoms with Gasteiger partial charge in [0, 0.05) is 6.20 Å². The Bertz CT molecular complexity index is 791. The Morgan fingerprint density at radius 1 is 1.25 bits per heavy atom. The summed E-state index contributed by atoms with van der Waals surface area (Å²) in [7, 11) is 0. The summed E-state index contributed by atoms with van der Waals surface area (Å²) < 4.78 is 43.1. The standard InChI is InChI=1S/C16H11F3N2O3/c17-16(18,19)10-6-11-13(20-7-10)12(14(22)21-11)15(23)24-8-9-4-2-1-3-5-9/h1-7,12H,8H2,(H,21,22). The summed E-state index contributed by atoms with van der Waals surface area (Å²) in [5.74, 6) is -2.98. The van der Waals surface area contributed by atoms with Crippen LogP contribution in [0.3, 0.4) is 0 Å². The van der Waals surface area contributed by atoms with Gasteiger partial charge in [-0.2, -0.15) is 13.2 Å². The van der Waals surface area contributed by atoms with Gasteiger partial charge in [0.25, 0.3) is 0 Å². The maximum Gasteiger partial charge on any atom is 0.417 e. The van der Waals surface area contributed by atoms with Crippen molar-refractivity contribution in [1.82, 2.24) is 4.98 Å². The molecular formula is C16H11F3N2O3. The van der Waals surface area contributed by atoms with Crippen molar-refractivity contribution in [3.8, 4) is 0 Å². The van der Waals surface area contributed by atoms with Gasteiger partial charge in [-0.3, -0.25) is 14.6 Å². The highest BCUT2D eigenvalue weighted by Gasteiger charge is 2.41. The van der Waals surface area contributed by atoms with Crippen LogP contribution in [0.15, 0.2) is 42.6 Å². The van der Waals surface area contributed by atoms with Crippen LogP contribution in [-0.4, -0.2) is 16.9 Å². The number of amides is 1. The molecule has 1 amide bonds. The second-order valence-electron chi connectivity index (χ2n) is 5.17. The molecule has 0 radical (unpaired) electrons. The summed E-state index contributed by atoms with van der Waals surface area (Å²) in [5, 5.41) is 2.24. The van der Waals surface area contributed by atoms with E-state index in [0.717, 1.165) is 11.6 Å². The Labute approximate surface area is 134 Å². The topological polar surface area (TPSA) is 68.3 Å². The number of halogens is 3. The molecule has 2 aromatic rings. The molecular weight excluding hydrogens is 325 g/mol. The van der Waals surface area contributed by atoms with Gasteiger partial charge < -0.3 is 10.1 Å². The summed E-state index contributed by atoms with van der Waals surface area (Å²) in [6, 6.07) is 9.56. The molecule has 2 heterocycles. The SMILES string of the molecule is O=C1Nc2cc(C(F)(F)F)cnc2C1C(=O)OCc1ccccc1. The lowest BCUT2D eigenvalue weighted by Crippen LogP contribution is -2.23. The maximum atomic E-state index is 12.7. The number of benzene rings is 1. The number of ether oxygens (including phenoxy) is 1. The van der Waals surface area contributed by atoms with Crippen LogP contribution in [-0.2, 0) is 27.1 Å². The monoisotopic (exact) mass is 336 g/mol. The van der Waals surface area contributed by atoms with E-state index in [4.69, 9.17) is 4.74 Å². The van der Waals surface area contributed by atoms with Gasteiger partial charge in [0.15, 0.2) is 5.92 Å². The molecule has 1 atom stereocenters. The second-order valence-corrected chi connectivity index (χ2v) is 5.17. The highest BCUT2D eigenvalue weighted by Crippen LogP contribution is 2.36. The lowest BCUT2D eigenvalue weighted by molar-refractivity contribution is -0.148. The summed E-state index contributed by atoms with van der Waals surface area (Å²) in [4.78, 5) is 27.7. The van der Waals surface area contributed by atoms with Gasteiger partial charge in [-0.25, -0.2) is 0 Å². The summed E-state index contributed by atoms with van der Waals surface area (Å²) >= 11 is 0. The van der Waals surface area contributed by atoms with Gasteiger partial charge in [-0.1, -0.05) is 30.3 Å². The molecule has 0 fully saturated rings. The van der Waals surface area contributed by atoms with E-state index in [1.807, 2.05) is 0 Å². The minimum absolute atomic E-state index is 0.0422. The third kappa shape index (κ3) is 3.08. The fraction of sp³-hybridized carbons (Fsp3) is 0.188. The molecule has 8 heteroatoms. The number of fused-ring (bicyclic) bond motifs is 1. The van der Waals surface area contributed by atoms with E-state index in [2.05, 4.69) is 10.3 Å². The highest BCUT2D eigenvalue weighted by molar-refractivity contribution is 6.14. The van der Waals surface area contributed by atoms with Crippen LogP contribution in [0.4, 0.5) is 18.9 Å². The molecule has 1 aromatic heterocycles. The van der Waals surface area contributed by atoms with Crippen LogP contribution in [0.5, 0.6) is 0 Å². The number of hydrogen-bond acceptors (Lipinski definition) is 4. The van der Waals surface area contributed by atoms with E-state index in [-0.39, 0.29) is 18.0 Å². The molecule has 124 valence electrons. The Hall–Kier alpha value is -2.90. The fourth-order valence-electron chi connectivity index (χ4n) is 2.32. The number of carbonyl (C=O) groups is 2. The van der Waals surface area contributed by atoms with Crippen molar-refractivity contribution in [2.45, 2.75) is 18.7 Å². The average molecular weight is 336 g/mol. The first-order valence-corrected chi connectivity index (χ1v) is 6.95. The van der Waals surface area contributed by atoms with Gasteiger partial charge in [-0.15, -0.1) is 0 Å². The smallest absolute Gasteiger partial charge is 0.417 e. The molecule has 3 rings (SSSR count). The van der Waals surface area contributed by atoms with Crippen molar-refractivity contribution in [1.29, 1.82) is 0 Å². The molecule has 0 saturated heterocycles. The van der Waals surface area contributed by atoms with Gasteiger partial charge in [0.05, 0.1) is 16.9 Å². The number of esters is 1. The second kappa shape index (κ2) is 5.95. The minimum Gasteiger partial charge on any atom is -0.460 e. The van der Waals surface area contributed by atoms with Gasteiger partial charge in [0.1, 0.15) is 6.61 Å². The van der Waals surface area contributed by atoms with Crippen LogP contribution >= 0.6 is 0 Å². The average Bonchev–Trinajstić information content (AvgIpc) is 2.87. The number of anilines is 1. The molecule has 24 heavy (non-hydrogen) atoms. The number of aromatic nitrogens is 1. The zero-order valence-electron chi connectivity index (χ0n) is 12.1. The number of hydrogen-bond donors (Lipinski definition) is 1. The van der Waals surface area contributed by atoms with E-state index >= 15 is 0 Å². The lowest BCUT2D eigenvalue weighted by atomic mass is 10.1. The number of pyridine rings is 1. The maximum absolute atomic E-state index is 12.7. The van der Waals surface area contributed by atoms with Crippen molar-refractivity contribution in [2.75, 3.05) is 5.32 Å². The van der Waals surface area contributed by atoms with E-state index in [0.29, 0.717) is 6.20 Å². The first kappa shape index (κ1) is 16.0. The van der Waals surface area contributed by atoms with Crippen molar-refractivity contribution >= 4 is 17.6 Å². The Morgan fingerprint density at radius 3 is 2.62 bits per heavy atom. The van der Waals surface area contributed by atoms with Crippen LogP contribution in [0.2, 0.25) is 0 Å². The normalized spacial score (nSPS) is 16.5. The lowest BCUT2D eigenvalue weighted by Gasteiger charge is -2.10. The molecule has 5 nitrogen and oxygen atoms in total. The zero-order valence-corrected chi connectivity index (χ0v) is 12.1. The number of carbonyl (C=O) groups excluding carboxylic acids is 2. The van der Waals surface area contributed by atoms with Crippen LogP contribution in [0.1, 0.15) is 22.7 Å². The Morgan fingerprint density at radius 2 is 1.96 bits per heavy atom. The number of alkyl halides is 3.